The second-order valence-corrected chi connectivity index (χ2v) is 5.96. The zero-order valence-corrected chi connectivity index (χ0v) is 12.6. The topological polar surface area (TPSA) is 20.3 Å². The van der Waals surface area contributed by atoms with Crippen molar-refractivity contribution >= 4 is 16.7 Å². The largest absolute Gasteiger partial charge is 0.408 e. The van der Waals surface area contributed by atoms with E-state index in [9.17, 15) is 18.0 Å². The first-order valence-electron chi connectivity index (χ1n) is 7.79. The van der Waals surface area contributed by atoms with Crippen LogP contribution in [-0.4, -0.2) is 29.6 Å². The molecule has 2 aromatic rings. The van der Waals surface area contributed by atoms with Crippen LogP contribution in [0.4, 0.5) is 13.2 Å². The Bertz CT molecular complexity index is 705. The number of alkyl halides is 3. The number of carbonyl (C=O) groups is 1. The maximum absolute atomic E-state index is 13.1. The molecule has 0 aliphatic carbocycles. The van der Waals surface area contributed by atoms with Crippen molar-refractivity contribution in [3.05, 3.63) is 48.0 Å². The number of hydrogen-bond donors (Lipinski definition) is 0. The molecule has 1 saturated heterocycles. The van der Waals surface area contributed by atoms with Crippen molar-refractivity contribution in [2.75, 3.05) is 6.54 Å². The van der Waals surface area contributed by atoms with E-state index in [1.807, 2.05) is 42.5 Å². The number of benzene rings is 2. The summed E-state index contributed by atoms with van der Waals surface area (Å²) in [6, 6.07) is 11.5. The summed E-state index contributed by atoms with van der Waals surface area (Å²) in [6.07, 6.45) is -3.19. The first-order valence-corrected chi connectivity index (χ1v) is 7.79. The average molecular weight is 321 g/mol. The Morgan fingerprint density at radius 2 is 1.83 bits per heavy atom. The molecule has 0 N–H and O–H groups in total. The first kappa shape index (κ1) is 15.8. The van der Waals surface area contributed by atoms with Gasteiger partial charge in [-0.2, -0.15) is 13.2 Å². The number of halogens is 3. The maximum Gasteiger partial charge on any atom is 0.408 e. The molecule has 0 saturated carbocycles. The predicted octanol–water partition coefficient (Wildman–Crippen LogP) is 4.33. The highest BCUT2D eigenvalue weighted by molar-refractivity contribution is 5.90. The van der Waals surface area contributed by atoms with Crippen molar-refractivity contribution in [3.8, 4) is 0 Å². The second-order valence-electron chi connectivity index (χ2n) is 5.96. The number of amides is 1. The normalized spacial score (nSPS) is 19.1. The van der Waals surface area contributed by atoms with Crippen LogP contribution in [0.2, 0.25) is 0 Å². The molecule has 0 aromatic heterocycles. The summed E-state index contributed by atoms with van der Waals surface area (Å²) in [5, 5.41) is 1.91. The van der Waals surface area contributed by atoms with Crippen LogP contribution in [-0.2, 0) is 11.2 Å². The summed E-state index contributed by atoms with van der Waals surface area (Å²) < 4.78 is 39.4. The zero-order chi connectivity index (χ0) is 16.4. The maximum atomic E-state index is 13.1. The number of nitrogens with zero attached hydrogens (tertiary/aromatic N) is 1. The Morgan fingerprint density at radius 3 is 2.61 bits per heavy atom. The fraction of sp³-hybridized carbons (Fsp3) is 0.389. The van der Waals surface area contributed by atoms with Gasteiger partial charge in [0.1, 0.15) is 6.04 Å². The van der Waals surface area contributed by atoms with Gasteiger partial charge in [-0.3, -0.25) is 4.79 Å². The molecular weight excluding hydrogens is 303 g/mol. The number of piperidine rings is 1. The van der Waals surface area contributed by atoms with Crippen molar-refractivity contribution in [1.29, 1.82) is 0 Å². The van der Waals surface area contributed by atoms with Crippen LogP contribution in [0.5, 0.6) is 0 Å². The van der Waals surface area contributed by atoms with Crippen LogP contribution < -0.4 is 0 Å². The summed E-state index contributed by atoms with van der Waals surface area (Å²) in [7, 11) is 0. The van der Waals surface area contributed by atoms with Crippen molar-refractivity contribution < 1.29 is 18.0 Å². The molecule has 3 rings (SSSR count). The number of rotatable bonds is 2. The third kappa shape index (κ3) is 3.33. The van der Waals surface area contributed by atoms with Gasteiger partial charge in [-0.1, -0.05) is 42.5 Å². The second kappa shape index (κ2) is 6.22. The number of likely N-dealkylation sites (tertiary alicyclic amines) is 1. The van der Waals surface area contributed by atoms with Gasteiger partial charge in [0.25, 0.3) is 0 Å². The third-order valence-electron chi connectivity index (χ3n) is 4.42. The van der Waals surface area contributed by atoms with Crippen LogP contribution in [0.25, 0.3) is 10.8 Å². The number of hydrogen-bond acceptors (Lipinski definition) is 1. The molecule has 122 valence electrons. The molecule has 1 heterocycles. The van der Waals surface area contributed by atoms with Gasteiger partial charge in [0.15, 0.2) is 0 Å². The minimum atomic E-state index is -4.35. The van der Waals surface area contributed by atoms with Gasteiger partial charge in [-0.25, -0.2) is 0 Å². The molecule has 23 heavy (non-hydrogen) atoms. The van der Waals surface area contributed by atoms with E-state index in [1.54, 1.807) is 0 Å². The van der Waals surface area contributed by atoms with Gasteiger partial charge >= 0.3 is 6.18 Å². The van der Waals surface area contributed by atoms with Gasteiger partial charge in [-0.05, 0) is 35.6 Å². The molecule has 5 heteroatoms. The fourth-order valence-electron chi connectivity index (χ4n) is 3.28. The molecule has 2 aromatic carbocycles. The van der Waals surface area contributed by atoms with Crippen LogP contribution in [0.1, 0.15) is 24.8 Å². The lowest BCUT2D eigenvalue weighted by atomic mass is 9.98. The minimum absolute atomic E-state index is 0.00474. The highest BCUT2D eigenvalue weighted by Gasteiger charge is 2.46. The SMILES string of the molecule is O=C(Cc1cccc2ccccc12)N1CCCCC1C(F)(F)F. The molecule has 1 amide bonds. The van der Waals surface area contributed by atoms with Crippen molar-refractivity contribution in [3.63, 3.8) is 0 Å². The lowest BCUT2D eigenvalue weighted by Crippen LogP contribution is -2.51. The van der Waals surface area contributed by atoms with E-state index in [4.69, 9.17) is 0 Å². The lowest BCUT2D eigenvalue weighted by Gasteiger charge is -2.37. The molecule has 1 atom stereocenters. The molecule has 1 aliphatic heterocycles. The first-order chi connectivity index (χ1) is 11.0. The summed E-state index contributed by atoms with van der Waals surface area (Å²) in [4.78, 5) is 13.5. The number of fused-ring (bicyclic) bond motifs is 1. The molecule has 1 unspecified atom stereocenters. The molecule has 1 aliphatic rings. The van der Waals surface area contributed by atoms with Crippen LogP contribution >= 0.6 is 0 Å². The predicted molar refractivity (Wildman–Crippen MR) is 83.1 cm³/mol. The van der Waals surface area contributed by atoms with E-state index in [1.165, 1.54) is 0 Å². The molecule has 1 fully saturated rings. The Labute approximate surface area is 132 Å². The van der Waals surface area contributed by atoms with E-state index < -0.39 is 18.1 Å². The zero-order valence-electron chi connectivity index (χ0n) is 12.6. The van der Waals surface area contributed by atoms with E-state index in [-0.39, 0.29) is 19.4 Å². The molecular formula is C18H18F3NO. The van der Waals surface area contributed by atoms with E-state index >= 15 is 0 Å². The van der Waals surface area contributed by atoms with Crippen molar-refractivity contribution in [1.82, 2.24) is 4.90 Å². The van der Waals surface area contributed by atoms with Gasteiger partial charge in [0, 0.05) is 6.54 Å². The summed E-state index contributed by atoms with van der Waals surface area (Å²) >= 11 is 0. The van der Waals surface area contributed by atoms with E-state index in [0.29, 0.717) is 12.8 Å². The van der Waals surface area contributed by atoms with Crippen LogP contribution in [0, 0.1) is 0 Å². The summed E-state index contributed by atoms with van der Waals surface area (Å²) in [5.41, 5.74) is 0.777. The van der Waals surface area contributed by atoms with Gasteiger partial charge in [0.2, 0.25) is 5.91 Å². The van der Waals surface area contributed by atoms with Gasteiger partial charge in [0.05, 0.1) is 6.42 Å². The fourth-order valence-corrected chi connectivity index (χ4v) is 3.28. The standard InChI is InChI=1S/C18H18F3NO/c19-18(20,21)16-10-3-4-11-22(16)17(23)12-14-8-5-7-13-6-1-2-9-15(13)14/h1-2,5-9,16H,3-4,10-12H2. The molecule has 0 radical (unpaired) electrons. The van der Waals surface area contributed by atoms with E-state index in [0.717, 1.165) is 21.2 Å². The smallest absolute Gasteiger partial charge is 0.330 e. The Morgan fingerprint density at radius 1 is 1.09 bits per heavy atom. The Balaban J connectivity index is 1.85. The lowest BCUT2D eigenvalue weighted by molar-refractivity contribution is -0.195. The third-order valence-corrected chi connectivity index (χ3v) is 4.42. The van der Waals surface area contributed by atoms with Crippen molar-refractivity contribution in [2.24, 2.45) is 0 Å². The quantitative estimate of drug-likeness (QED) is 0.806. The molecule has 0 spiro atoms. The van der Waals surface area contributed by atoms with Crippen molar-refractivity contribution in [2.45, 2.75) is 37.9 Å². The van der Waals surface area contributed by atoms with E-state index in [2.05, 4.69) is 0 Å². The number of carbonyl (C=O) groups excluding carboxylic acids is 1. The molecule has 0 bridgehead atoms. The summed E-state index contributed by atoms with van der Waals surface area (Å²) in [5.74, 6) is -0.441. The van der Waals surface area contributed by atoms with Gasteiger partial charge < -0.3 is 4.90 Å². The van der Waals surface area contributed by atoms with Gasteiger partial charge in [-0.15, -0.1) is 0 Å². The molecule has 2 nitrogen and oxygen atoms in total. The average Bonchev–Trinajstić information content (AvgIpc) is 2.54. The monoisotopic (exact) mass is 321 g/mol. The highest BCUT2D eigenvalue weighted by Crippen LogP contribution is 2.32. The van der Waals surface area contributed by atoms with Crippen LogP contribution in [0.3, 0.4) is 0 Å². The Kier molecular flexibility index (Phi) is 4.28. The minimum Gasteiger partial charge on any atom is -0.330 e. The van der Waals surface area contributed by atoms with Crippen LogP contribution in [0.15, 0.2) is 42.5 Å². The summed E-state index contributed by atoms with van der Waals surface area (Å²) in [6.45, 7) is 0.188. The Hall–Kier alpha value is -2.04. The highest BCUT2D eigenvalue weighted by atomic mass is 19.4.